The molecule has 2 aromatic heterocycles. The largest absolute Gasteiger partial charge is 0.263 e. The quantitative estimate of drug-likeness (QED) is 0.739. The molecule has 0 spiro atoms. The van der Waals surface area contributed by atoms with E-state index < -0.39 is 0 Å². The summed E-state index contributed by atoms with van der Waals surface area (Å²) in [7, 11) is 0. The van der Waals surface area contributed by atoms with E-state index in [1.165, 1.54) is 6.07 Å². The van der Waals surface area contributed by atoms with Gasteiger partial charge in [-0.15, -0.1) is 0 Å². The van der Waals surface area contributed by atoms with E-state index in [-0.39, 0.29) is 11.9 Å². The zero-order chi connectivity index (χ0) is 15.7. The summed E-state index contributed by atoms with van der Waals surface area (Å²) in [5.74, 6) is -0.206. The molecule has 2 heterocycles. The zero-order valence-electron chi connectivity index (χ0n) is 13.0. The van der Waals surface area contributed by atoms with Crippen molar-refractivity contribution in [1.29, 1.82) is 0 Å². The van der Waals surface area contributed by atoms with E-state index in [0.717, 1.165) is 17.1 Å². The topological polar surface area (TPSA) is 35.6 Å². The van der Waals surface area contributed by atoms with Crippen molar-refractivity contribution in [3.8, 4) is 0 Å². The van der Waals surface area contributed by atoms with Gasteiger partial charge >= 0.3 is 0 Å². The molecule has 1 atom stereocenters. The highest BCUT2D eigenvalue weighted by Crippen LogP contribution is 2.20. The Morgan fingerprint density at radius 3 is 2.64 bits per heavy atom. The molecule has 0 saturated carbocycles. The molecule has 0 radical (unpaired) electrons. The number of aryl methyl sites for hydroxylation is 2. The SMILES string of the molecule is Cc1cc(C)n(C(C)c2ccnn2Cc2ccccc2F)n1. The molecule has 22 heavy (non-hydrogen) atoms. The minimum atomic E-state index is -0.206. The van der Waals surface area contributed by atoms with Crippen molar-refractivity contribution in [3.63, 3.8) is 0 Å². The van der Waals surface area contributed by atoms with Gasteiger partial charge in [0.2, 0.25) is 0 Å². The fraction of sp³-hybridized carbons (Fsp3) is 0.294. The summed E-state index contributed by atoms with van der Waals surface area (Å²) in [5.41, 5.74) is 3.73. The fourth-order valence-corrected chi connectivity index (χ4v) is 2.78. The molecule has 1 unspecified atom stereocenters. The van der Waals surface area contributed by atoms with Crippen LogP contribution in [0.25, 0.3) is 0 Å². The first kappa shape index (κ1) is 14.5. The molecule has 0 N–H and O–H groups in total. The summed E-state index contributed by atoms with van der Waals surface area (Å²) in [6.07, 6.45) is 1.75. The lowest BCUT2D eigenvalue weighted by Gasteiger charge is -2.17. The van der Waals surface area contributed by atoms with Gasteiger partial charge in [-0.25, -0.2) is 4.39 Å². The highest BCUT2D eigenvalue weighted by atomic mass is 19.1. The number of rotatable bonds is 4. The van der Waals surface area contributed by atoms with E-state index in [1.807, 2.05) is 41.4 Å². The summed E-state index contributed by atoms with van der Waals surface area (Å²) >= 11 is 0. The molecule has 0 fully saturated rings. The maximum absolute atomic E-state index is 13.8. The van der Waals surface area contributed by atoms with Crippen LogP contribution in [0.3, 0.4) is 0 Å². The van der Waals surface area contributed by atoms with Crippen molar-refractivity contribution in [2.45, 2.75) is 33.4 Å². The summed E-state index contributed by atoms with van der Waals surface area (Å²) in [5, 5.41) is 8.88. The molecule has 0 aliphatic heterocycles. The van der Waals surface area contributed by atoms with Crippen LogP contribution in [0.2, 0.25) is 0 Å². The monoisotopic (exact) mass is 298 g/mol. The number of hydrogen-bond donors (Lipinski definition) is 0. The molecule has 4 nitrogen and oxygen atoms in total. The third kappa shape index (κ3) is 2.66. The number of nitrogens with zero attached hydrogens (tertiary/aromatic N) is 4. The number of halogens is 1. The number of hydrogen-bond acceptors (Lipinski definition) is 2. The normalized spacial score (nSPS) is 12.5. The lowest BCUT2D eigenvalue weighted by atomic mass is 10.2. The first-order valence-corrected chi connectivity index (χ1v) is 7.34. The van der Waals surface area contributed by atoms with Crippen LogP contribution in [0.1, 0.15) is 35.6 Å². The van der Waals surface area contributed by atoms with E-state index in [2.05, 4.69) is 17.1 Å². The smallest absolute Gasteiger partial charge is 0.128 e. The second-order valence-electron chi connectivity index (χ2n) is 5.55. The molecule has 3 rings (SSSR count). The summed E-state index contributed by atoms with van der Waals surface area (Å²) in [6, 6.07) is 10.9. The van der Waals surface area contributed by atoms with Gasteiger partial charge < -0.3 is 0 Å². The summed E-state index contributed by atoms with van der Waals surface area (Å²) < 4.78 is 17.7. The highest BCUT2D eigenvalue weighted by Gasteiger charge is 2.16. The Labute approximate surface area is 129 Å². The van der Waals surface area contributed by atoms with Crippen LogP contribution in [0, 0.1) is 19.7 Å². The standard InChI is InChI=1S/C17H19FN4/c1-12-10-13(2)22(20-12)14(3)17-8-9-19-21(17)11-15-6-4-5-7-16(15)18/h4-10,14H,11H2,1-3H3. The Balaban J connectivity index is 1.92. The van der Waals surface area contributed by atoms with Crippen LogP contribution in [-0.4, -0.2) is 19.6 Å². The van der Waals surface area contributed by atoms with Gasteiger partial charge in [0.1, 0.15) is 5.82 Å². The maximum atomic E-state index is 13.8. The van der Waals surface area contributed by atoms with Gasteiger partial charge in [-0.3, -0.25) is 9.36 Å². The Kier molecular flexibility index (Phi) is 3.79. The second-order valence-corrected chi connectivity index (χ2v) is 5.55. The van der Waals surface area contributed by atoms with Crippen LogP contribution in [-0.2, 0) is 6.54 Å². The van der Waals surface area contributed by atoms with E-state index in [1.54, 1.807) is 18.3 Å². The van der Waals surface area contributed by atoms with Crippen molar-refractivity contribution in [1.82, 2.24) is 19.6 Å². The van der Waals surface area contributed by atoms with Gasteiger partial charge in [0.05, 0.1) is 24.0 Å². The predicted molar refractivity (Wildman–Crippen MR) is 83.2 cm³/mol. The maximum Gasteiger partial charge on any atom is 0.128 e. The van der Waals surface area contributed by atoms with Gasteiger partial charge in [0.15, 0.2) is 0 Å². The van der Waals surface area contributed by atoms with E-state index in [0.29, 0.717) is 12.1 Å². The van der Waals surface area contributed by atoms with Crippen molar-refractivity contribution in [2.75, 3.05) is 0 Å². The van der Waals surface area contributed by atoms with Crippen molar-refractivity contribution < 1.29 is 4.39 Å². The van der Waals surface area contributed by atoms with Gasteiger partial charge in [-0.2, -0.15) is 10.2 Å². The molecule has 0 bridgehead atoms. The Morgan fingerprint density at radius 2 is 1.95 bits per heavy atom. The molecular formula is C17H19FN4. The van der Waals surface area contributed by atoms with Crippen LogP contribution >= 0.6 is 0 Å². The van der Waals surface area contributed by atoms with Crippen LogP contribution in [0.4, 0.5) is 4.39 Å². The summed E-state index contributed by atoms with van der Waals surface area (Å²) in [6.45, 7) is 6.51. The molecule has 5 heteroatoms. The van der Waals surface area contributed by atoms with Crippen LogP contribution in [0.5, 0.6) is 0 Å². The van der Waals surface area contributed by atoms with Gasteiger partial charge in [0, 0.05) is 17.5 Å². The average molecular weight is 298 g/mol. The van der Waals surface area contributed by atoms with Crippen LogP contribution in [0.15, 0.2) is 42.6 Å². The average Bonchev–Trinajstić information content (AvgIpc) is 3.07. The molecule has 0 aliphatic rings. The first-order valence-electron chi connectivity index (χ1n) is 7.34. The van der Waals surface area contributed by atoms with Crippen LogP contribution < -0.4 is 0 Å². The predicted octanol–water partition coefficient (Wildman–Crippen LogP) is 3.49. The zero-order valence-corrected chi connectivity index (χ0v) is 13.0. The molecule has 3 aromatic rings. The molecular weight excluding hydrogens is 279 g/mol. The highest BCUT2D eigenvalue weighted by molar-refractivity contribution is 5.20. The second kappa shape index (κ2) is 5.75. The first-order chi connectivity index (χ1) is 10.6. The van der Waals surface area contributed by atoms with Gasteiger partial charge in [-0.1, -0.05) is 18.2 Å². The minimum absolute atomic E-state index is 0.0444. The summed E-state index contributed by atoms with van der Waals surface area (Å²) in [4.78, 5) is 0. The lowest BCUT2D eigenvalue weighted by molar-refractivity contribution is 0.491. The van der Waals surface area contributed by atoms with E-state index in [9.17, 15) is 4.39 Å². The third-order valence-electron chi connectivity index (χ3n) is 3.87. The molecule has 0 amide bonds. The Morgan fingerprint density at radius 1 is 1.18 bits per heavy atom. The van der Waals surface area contributed by atoms with E-state index in [4.69, 9.17) is 0 Å². The van der Waals surface area contributed by atoms with Crippen molar-refractivity contribution in [2.24, 2.45) is 0 Å². The molecule has 0 aliphatic carbocycles. The number of benzene rings is 1. The van der Waals surface area contributed by atoms with Crippen molar-refractivity contribution >= 4 is 0 Å². The van der Waals surface area contributed by atoms with E-state index >= 15 is 0 Å². The number of aromatic nitrogens is 4. The van der Waals surface area contributed by atoms with Crippen molar-refractivity contribution in [3.05, 3.63) is 71.1 Å². The van der Waals surface area contributed by atoms with Gasteiger partial charge in [0.25, 0.3) is 0 Å². The third-order valence-corrected chi connectivity index (χ3v) is 3.87. The Bertz CT molecular complexity index is 788. The molecule has 114 valence electrons. The molecule has 0 saturated heterocycles. The fourth-order valence-electron chi connectivity index (χ4n) is 2.78. The Hall–Kier alpha value is -2.43. The lowest BCUT2D eigenvalue weighted by Crippen LogP contribution is -2.16. The van der Waals surface area contributed by atoms with Gasteiger partial charge in [-0.05, 0) is 39.0 Å². The minimum Gasteiger partial charge on any atom is -0.263 e. The molecule has 1 aromatic carbocycles.